The van der Waals surface area contributed by atoms with E-state index in [1.165, 1.54) is 11.3 Å². The number of hydrogen-bond acceptors (Lipinski definition) is 4. The van der Waals surface area contributed by atoms with Gasteiger partial charge in [0.2, 0.25) is 5.91 Å². The summed E-state index contributed by atoms with van der Waals surface area (Å²) in [5, 5.41) is 9.10. The van der Waals surface area contributed by atoms with Crippen molar-refractivity contribution >= 4 is 22.2 Å². The molecular weight excluding hydrogens is 174 g/mol. The largest absolute Gasteiger partial charge is 0.366 e. The van der Waals surface area contributed by atoms with E-state index in [1.54, 1.807) is 5.38 Å². The maximum Gasteiger partial charge on any atom is 0.249 e. The Morgan fingerprint density at radius 2 is 2.50 bits per heavy atom. The molecule has 2 rings (SSSR count). The summed E-state index contributed by atoms with van der Waals surface area (Å²) in [6.45, 7) is 1.48. The van der Waals surface area contributed by atoms with E-state index in [-0.39, 0.29) is 5.91 Å². The summed E-state index contributed by atoms with van der Waals surface area (Å²) in [4.78, 5) is 10.9. The van der Waals surface area contributed by atoms with Crippen molar-refractivity contribution in [2.24, 2.45) is 5.73 Å². The highest BCUT2D eigenvalue weighted by Crippen LogP contribution is 2.29. The molecule has 1 aliphatic heterocycles. The monoisotopic (exact) mass is 183 g/mol. The van der Waals surface area contributed by atoms with Crippen LogP contribution in [0.3, 0.4) is 0 Å². The van der Waals surface area contributed by atoms with E-state index in [4.69, 9.17) is 5.73 Å². The molecule has 0 atom stereocenters. The zero-order valence-electron chi connectivity index (χ0n) is 6.39. The molecule has 5 heteroatoms. The maximum atomic E-state index is 10.9. The van der Waals surface area contributed by atoms with Crippen molar-refractivity contribution in [1.82, 2.24) is 5.32 Å². The van der Waals surface area contributed by atoms with E-state index in [2.05, 4.69) is 10.6 Å². The Labute approximate surface area is 73.8 Å². The quantitative estimate of drug-likeness (QED) is 0.587. The van der Waals surface area contributed by atoms with E-state index in [0.717, 1.165) is 23.8 Å². The van der Waals surface area contributed by atoms with E-state index < -0.39 is 0 Å². The molecule has 64 valence electrons. The molecule has 0 bridgehead atoms. The summed E-state index contributed by atoms with van der Waals surface area (Å²) in [7, 11) is 0. The minimum Gasteiger partial charge on any atom is -0.366 e. The van der Waals surface area contributed by atoms with Crippen LogP contribution in [0.4, 0.5) is 5.00 Å². The van der Waals surface area contributed by atoms with Crippen LogP contribution in [0.2, 0.25) is 0 Å². The second kappa shape index (κ2) is 2.76. The average molecular weight is 183 g/mol. The third kappa shape index (κ3) is 1.07. The lowest BCUT2D eigenvalue weighted by Gasteiger charge is -2.15. The second-order valence-corrected chi connectivity index (χ2v) is 3.48. The SMILES string of the molecule is NC(=O)c1csc2c1CNCN2. The number of amides is 1. The molecule has 0 spiro atoms. The molecule has 0 aliphatic carbocycles. The number of nitrogens with one attached hydrogen (secondary N) is 2. The summed E-state index contributed by atoms with van der Waals surface area (Å²) in [5.74, 6) is -0.349. The number of nitrogens with two attached hydrogens (primary N) is 1. The first-order valence-electron chi connectivity index (χ1n) is 3.64. The molecule has 2 heterocycles. The van der Waals surface area contributed by atoms with Crippen molar-refractivity contribution in [2.75, 3.05) is 12.0 Å². The van der Waals surface area contributed by atoms with Gasteiger partial charge in [0.25, 0.3) is 0 Å². The molecule has 0 aromatic carbocycles. The van der Waals surface area contributed by atoms with Crippen LogP contribution < -0.4 is 16.4 Å². The Hall–Kier alpha value is -1.07. The Morgan fingerprint density at radius 1 is 1.67 bits per heavy atom. The summed E-state index contributed by atoms with van der Waals surface area (Å²) >= 11 is 1.53. The number of anilines is 1. The fourth-order valence-electron chi connectivity index (χ4n) is 1.24. The zero-order valence-corrected chi connectivity index (χ0v) is 7.20. The van der Waals surface area contributed by atoms with Gasteiger partial charge in [-0.15, -0.1) is 11.3 Å². The Kier molecular flexibility index (Phi) is 1.74. The molecule has 4 N–H and O–H groups in total. The van der Waals surface area contributed by atoms with Crippen LogP contribution in [0, 0.1) is 0 Å². The van der Waals surface area contributed by atoms with Crippen molar-refractivity contribution in [1.29, 1.82) is 0 Å². The topological polar surface area (TPSA) is 67.2 Å². The first kappa shape index (κ1) is 7.57. The molecule has 4 nitrogen and oxygen atoms in total. The van der Waals surface area contributed by atoms with E-state index in [0.29, 0.717) is 5.56 Å². The highest BCUT2D eigenvalue weighted by atomic mass is 32.1. The molecule has 0 saturated heterocycles. The van der Waals surface area contributed by atoms with Gasteiger partial charge in [0.1, 0.15) is 0 Å². The summed E-state index contributed by atoms with van der Waals surface area (Å²) in [6, 6.07) is 0. The van der Waals surface area contributed by atoms with Crippen molar-refractivity contribution in [2.45, 2.75) is 6.54 Å². The lowest BCUT2D eigenvalue weighted by molar-refractivity contribution is 0.0999. The van der Waals surface area contributed by atoms with Crippen LogP contribution in [0.5, 0.6) is 0 Å². The van der Waals surface area contributed by atoms with Gasteiger partial charge < -0.3 is 11.1 Å². The smallest absolute Gasteiger partial charge is 0.249 e. The van der Waals surface area contributed by atoms with Gasteiger partial charge in [-0.3, -0.25) is 10.1 Å². The van der Waals surface area contributed by atoms with Gasteiger partial charge in [-0.1, -0.05) is 0 Å². The molecule has 0 unspecified atom stereocenters. The van der Waals surface area contributed by atoms with Crippen molar-refractivity contribution in [3.8, 4) is 0 Å². The van der Waals surface area contributed by atoms with Crippen LogP contribution in [0.25, 0.3) is 0 Å². The number of thiophene rings is 1. The molecule has 1 aromatic heterocycles. The molecule has 12 heavy (non-hydrogen) atoms. The minimum atomic E-state index is -0.349. The third-order valence-electron chi connectivity index (χ3n) is 1.84. The average Bonchev–Trinajstić information content (AvgIpc) is 2.47. The van der Waals surface area contributed by atoms with Crippen molar-refractivity contribution in [3.63, 3.8) is 0 Å². The first-order valence-corrected chi connectivity index (χ1v) is 4.52. The standard InChI is InChI=1S/C7H9N3OS/c8-6(11)5-2-12-7-4(5)1-9-3-10-7/h2,9-10H,1,3H2,(H2,8,11). The predicted octanol–water partition coefficient (Wildman–Crippen LogP) is 0.320. The molecule has 1 aromatic rings. The number of carbonyl (C=O) groups excluding carboxylic acids is 1. The van der Waals surface area contributed by atoms with Gasteiger partial charge in [0.15, 0.2) is 0 Å². The molecule has 0 saturated carbocycles. The Bertz CT molecular complexity index is 320. The second-order valence-electron chi connectivity index (χ2n) is 2.60. The number of rotatable bonds is 1. The predicted molar refractivity (Wildman–Crippen MR) is 48.2 cm³/mol. The van der Waals surface area contributed by atoms with Crippen LogP contribution in [0.1, 0.15) is 15.9 Å². The number of fused-ring (bicyclic) bond motifs is 1. The van der Waals surface area contributed by atoms with Gasteiger partial charge in [-0.05, 0) is 0 Å². The van der Waals surface area contributed by atoms with Gasteiger partial charge >= 0.3 is 0 Å². The van der Waals surface area contributed by atoms with E-state index >= 15 is 0 Å². The zero-order chi connectivity index (χ0) is 8.55. The molecular formula is C7H9N3OS. The van der Waals surface area contributed by atoms with E-state index in [9.17, 15) is 4.79 Å². The van der Waals surface area contributed by atoms with Crippen LogP contribution in [0.15, 0.2) is 5.38 Å². The third-order valence-corrected chi connectivity index (χ3v) is 2.82. The van der Waals surface area contributed by atoms with Gasteiger partial charge in [0, 0.05) is 17.5 Å². The van der Waals surface area contributed by atoms with Crippen LogP contribution in [-0.2, 0) is 6.54 Å². The van der Waals surface area contributed by atoms with Crippen LogP contribution in [-0.4, -0.2) is 12.6 Å². The number of carbonyl (C=O) groups is 1. The number of hydrogen-bond donors (Lipinski definition) is 3. The van der Waals surface area contributed by atoms with Gasteiger partial charge in [-0.2, -0.15) is 0 Å². The summed E-state index contributed by atoms with van der Waals surface area (Å²) in [5.41, 5.74) is 6.83. The normalized spacial score (nSPS) is 15.0. The highest BCUT2D eigenvalue weighted by Gasteiger charge is 2.17. The van der Waals surface area contributed by atoms with Crippen molar-refractivity contribution < 1.29 is 4.79 Å². The van der Waals surface area contributed by atoms with Gasteiger partial charge in [0.05, 0.1) is 17.2 Å². The maximum absolute atomic E-state index is 10.9. The Morgan fingerprint density at radius 3 is 3.25 bits per heavy atom. The molecule has 1 amide bonds. The lowest BCUT2D eigenvalue weighted by Crippen LogP contribution is -2.28. The summed E-state index contributed by atoms with van der Waals surface area (Å²) in [6.07, 6.45) is 0. The van der Waals surface area contributed by atoms with Crippen molar-refractivity contribution in [3.05, 3.63) is 16.5 Å². The van der Waals surface area contributed by atoms with E-state index in [1.807, 2.05) is 0 Å². The minimum absolute atomic E-state index is 0.349. The fraction of sp³-hybridized carbons (Fsp3) is 0.286. The molecule has 0 radical (unpaired) electrons. The number of primary amides is 1. The first-order chi connectivity index (χ1) is 5.79. The highest BCUT2D eigenvalue weighted by molar-refractivity contribution is 7.14. The fourth-order valence-corrected chi connectivity index (χ4v) is 2.22. The van der Waals surface area contributed by atoms with Crippen LogP contribution >= 0.6 is 11.3 Å². The molecule has 0 fully saturated rings. The molecule has 1 aliphatic rings. The lowest BCUT2D eigenvalue weighted by atomic mass is 10.1. The Balaban J connectivity index is 2.44. The van der Waals surface area contributed by atoms with Gasteiger partial charge in [-0.25, -0.2) is 0 Å². The summed E-state index contributed by atoms with van der Waals surface area (Å²) < 4.78 is 0.